The number of halogens is 1. The van der Waals surface area contributed by atoms with Crippen molar-refractivity contribution in [1.29, 1.82) is 0 Å². The van der Waals surface area contributed by atoms with Gasteiger partial charge in [0.2, 0.25) is 0 Å². The molecule has 3 nitrogen and oxygen atoms in total. The maximum absolute atomic E-state index is 6.00. The fourth-order valence-corrected chi connectivity index (χ4v) is 2.78. The molecule has 1 atom stereocenters. The van der Waals surface area contributed by atoms with Crippen molar-refractivity contribution in [2.24, 2.45) is 0 Å². The SMILES string of the molecule is CCNCC(Cc1cc(C)nn1CC)c1ccc(Cl)cc1. The molecule has 0 saturated carbocycles. The van der Waals surface area contributed by atoms with Crippen LogP contribution < -0.4 is 5.32 Å². The Morgan fingerprint density at radius 1 is 1.24 bits per heavy atom. The van der Waals surface area contributed by atoms with Gasteiger partial charge in [-0.3, -0.25) is 4.68 Å². The van der Waals surface area contributed by atoms with Crippen LogP contribution in [0.15, 0.2) is 30.3 Å². The molecule has 1 heterocycles. The molecule has 4 heteroatoms. The molecule has 1 aromatic heterocycles. The van der Waals surface area contributed by atoms with Gasteiger partial charge < -0.3 is 5.32 Å². The zero-order valence-electron chi connectivity index (χ0n) is 13.1. The summed E-state index contributed by atoms with van der Waals surface area (Å²) in [6.45, 7) is 9.19. The summed E-state index contributed by atoms with van der Waals surface area (Å²) in [6, 6.07) is 10.4. The van der Waals surface area contributed by atoms with E-state index in [0.29, 0.717) is 5.92 Å². The van der Waals surface area contributed by atoms with Gasteiger partial charge in [0.15, 0.2) is 0 Å². The van der Waals surface area contributed by atoms with Gasteiger partial charge in [-0.2, -0.15) is 5.10 Å². The lowest BCUT2D eigenvalue weighted by molar-refractivity contribution is 0.551. The number of aryl methyl sites for hydroxylation is 2. The third kappa shape index (κ3) is 4.32. The van der Waals surface area contributed by atoms with Crippen LogP contribution >= 0.6 is 11.6 Å². The Balaban J connectivity index is 2.21. The number of nitrogens with one attached hydrogen (secondary N) is 1. The van der Waals surface area contributed by atoms with Gasteiger partial charge in [0.1, 0.15) is 0 Å². The molecular formula is C17H24ClN3. The van der Waals surface area contributed by atoms with E-state index in [0.717, 1.165) is 36.8 Å². The molecule has 2 aromatic rings. The molecule has 0 aliphatic heterocycles. The van der Waals surface area contributed by atoms with Gasteiger partial charge in [0.25, 0.3) is 0 Å². The molecule has 0 aliphatic carbocycles. The van der Waals surface area contributed by atoms with E-state index in [9.17, 15) is 0 Å². The van der Waals surface area contributed by atoms with Crippen molar-refractivity contribution in [2.45, 2.75) is 39.7 Å². The summed E-state index contributed by atoms with van der Waals surface area (Å²) in [5, 5.41) is 8.80. The van der Waals surface area contributed by atoms with Gasteiger partial charge in [-0.25, -0.2) is 0 Å². The number of rotatable bonds is 7. The minimum absolute atomic E-state index is 0.434. The molecule has 0 bridgehead atoms. The fraction of sp³-hybridized carbons (Fsp3) is 0.471. The molecule has 21 heavy (non-hydrogen) atoms. The Bertz CT molecular complexity index is 560. The van der Waals surface area contributed by atoms with Crippen molar-refractivity contribution in [3.8, 4) is 0 Å². The first kappa shape index (κ1) is 16.1. The van der Waals surface area contributed by atoms with Crippen molar-refractivity contribution in [1.82, 2.24) is 15.1 Å². The predicted octanol–water partition coefficient (Wildman–Crippen LogP) is 3.80. The highest BCUT2D eigenvalue weighted by atomic mass is 35.5. The van der Waals surface area contributed by atoms with Crippen molar-refractivity contribution in [3.05, 3.63) is 52.3 Å². The number of hydrogen-bond acceptors (Lipinski definition) is 2. The Labute approximate surface area is 132 Å². The standard InChI is InChI=1S/C17H24ClN3/c1-4-19-12-15(14-6-8-16(18)9-7-14)11-17-10-13(3)20-21(17)5-2/h6-10,15,19H,4-5,11-12H2,1-3H3. The molecule has 1 N–H and O–H groups in total. The van der Waals surface area contributed by atoms with Gasteiger partial charge >= 0.3 is 0 Å². The van der Waals surface area contributed by atoms with Crippen LogP contribution in [-0.2, 0) is 13.0 Å². The van der Waals surface area contributed by atoms with Crippen LogP contribution in [0.4, 0.5) is 0 Å². The minimum Gasteiger partial charge on any atom is -0.316 e. The molecule has 0 radical (unpaired) electrons. The topological polar surface area (TPSA) is 29.9 Å². The molecule has 1 unspecified atom stereocenters. The second-order valence-electron chi connectivity index (χ2n) is 5.35. The molecule has 0 aliphatic rings. The van der Waals surface area contributed by atoms with Crippen molar-refractivity contribution < 1.29 is 0 Å². The number of aromatic nitrogens is 2. The van der Waals surface area contributed by atoms with Crippen molar-refractivity contribution >= 4 is 11.6 Å². The highest BCUT2D eigenvalue weighted by molar-refractivity contribution is 6.30. The highest BCUT2D eigenvalue weighted by Crippen LogP contribution is 2.23. The van der Waals surface area contributed by atoms with Gasteiger partial charge in [0, 0.05) is 29.7 Å². The number of benzene rings is 1. The van der Waals surface area contributed by atoms with E-state index in [1.165, 1.54) is 11.3 Å². The van der Waals surface area contributed by atoms with Crippen molar-refractivity contribution in [3.63, 3.8) is 0 Å². The quantitative estimate of drug-likeness (QED) is 0.843. The van der Waals surface area contributed by atoms with E-state index < -0.39 is 0 Å². The summed E-state index contributed by atoms with van der Waals surface area (Å²) in [4.78, 5) is 0. The largest absolute Gasteiger partial charge is 0.316 e. The van der Waals surface area contributed by atoms with Gasteiger partial charge in [-0.05, 0) is 50.6 Å². The third-order valence-corrected chi connectivity index (χ3v) is 3.97. The first-order valence-electron chi connectivity index (χ1n) is 7.63. The molecule has 0 amide bonds. The molecule has 0 spiro atoms. The van der Waals surface area contributed by atoms with Gasteiger partial charge in [-0.15, -0.1) is 0 Å². The van der Waals surface area contributed by atoms with Crippen molar-refractivity contribution in [2.75, 3.05) is 13.1 Å². The summed E-state index contributed by atoms with van der Waals surface area (Å²) in [6.07, 6.45) is 0.989. The van der Waals surface area contributed by atoms with Crippen LogP contribution in [0.2, 0.25) is 5.02 Å². The summed E-state index contributed by atoms with van der Waals surface area (Å²) in [5.74, 6) is 0.434. The monoisotopic (exact) mass is 305 g/mol. The maximum atomic E-state index is 6.00. The minimum atomic E-state index is 0.434. The van der Waals surface area contributed by atoms with Crippen LogP contribution in [0.5, 0.6) is 0 Å². The fourth-order valence-electron chi connectivity index (χ4n) is 2.65. The van der Waals surface area contributed by atoms with E-state index in [1.54, 1.807) is 0 Å². The second kappa shape index (κ2) is 7.62. The summed E-state index contributed by atoms with van der Waals surface area (Å²) < 4.78 is 2.10. The maximum Gasteiger partial charge on any atom is 0.0596 e. The second-order valence-corrected chi connectivity index (χ2v) is 5.79. The average molecular weight is 306 g/mol. The summed E-state index contributed by atoms with van der Waals surface area (Å²) >= 11 is 6.00. The average Bonchev–Trinajstić information content (AvgIpc) is 2.84. The molecular weight excluding hydrogens is 282 g/mol. The Hall–Kier alpha value is -1.32. The Kier molecular flexibility index (Phi) is 5.83. The highest BCUT2D eigenvalue weighted by Gasteiger charge is 2.15. The molecule has 0 saturated heterocycles. The first-order chi connectivity index (χ1) is 10.1. The number of hydrogen-bond donors (Lipinski definition) is 1. The molecule has 0 fully saturated rings. The van der Waals surface area contributed by atoms with Gasteiger partial charge in [-0.1, -0.05) is 30.7 Å². The van der Waals surface area contributed by atoms with Crippen LogP contribution in [0.1, 0.15) is 36.7 Å². The molecule has 2 rings (SSSR count). The zero-order chi connectivity index (χ0) is 15.2. The lowest BCUT2D eigenvalue weighted by atomic mass is 9.94. The molecule has 1 aromatic carbocycles. The van der Waals surface area contributed by atoms with E-state index in [-0.39, 0.29) is 0 Å². The Morgan fingerprint density at radius 2 is 1.95 bits per heavy atom. The lowest BCUT2D eigenvalue weighted by Crippen LogP contribution is -2.23. The lowest BCUT2D eigenvalue weighted by Gasteiger charge is -2.18. The Morgan fingerprint density at radius 3 is 2.57 bits per heavy atom. The first-order valence-corrected chi connectivity index (χ1v) is 8.01. The van der Waals surface area contributed by atoms with E-state index in [2.05, 4.69) is 54.1 Å². The summed E-state index contributed by atoms with van der Waals surface area (Å²) in [7, 11) is 0. The van der Waals surface area contributed by atoms with E-state index in [1.807, 2.05) is 12.1 Å². The predicted molar refractivity (Wildman–Crippen MR) is 89.1 cm³/mol. The van der Waals surface area contributed by atoms with Gasteiger partial charge in [0.05, 0.1) is 5.69 Å². The van der Waals surface area contributed by atoms with Crippen LogP contribution in [-0.4, -0.2) is 22.9 Å². The van der Waals surface area contributed by atoms with Crippen LogP contribution in [0.3, 0.4) is 0 Å². The molecule has 114 valence electrons. The third-order valence-electron chi connectivity index (χ3n) is 3.72. The van der Waals surface area contributed by atoms with E-state index >= 15 is 0 Å². The number of likely N-dealkylation sites (N-methyl/N-ethyl adjacent to an activating group) is 1. The summed E-state index contributed by atoms with van der Waals surface area (Å²) in [5.41, 5.74) is 3.71. The smallest absolute Gasteiger partial charge is 0.0596 e. The van der Waals surface area contributed by atoms with Crippen LogP contribution in [0.25, 0.3) is 0 Å². The van der Waals surface area contributed by atoms with E-state index in [4.69, 9.17) is 11.6 Å². The zero-order valence-corrected chi connectivity index (χ0v) is 13.8. The normalized spacial score (nSPS) is 12.6. The number of nitrogens with zero attached hydrogens (tertiary/aromatic N) is 2. The van der Waals surface area contributed by atoms with Crippen LogP contribution in [0, 0.1) is 6.92 Å².